The Bertz CT molecular complexity index is 1710. The van der Waals surface area contributed by atoms with E-state index in [0.29, 0.717) is 28.8 Å². The molecule has 1 aromatic heterocycles. The summed E-state index contributed by atoms with van der Waals surface area (Å²) in [6.07, 6.45) is 0. The predicted octanol–water partition coefficient (Wildman–Crippen LogP) is 7.02. The van der Waals surface area contributed by atoms with Crippen molar-refractivity contribution >= 4 is 27.6 Å². The van der Waals surface area contributed by atoms with Crippen LogP contribution < -0.4 is 5.56 Å². The average molecular weight is 504 g/mol. The molecule has 192 valence electrons. The fraction of sp³-hybridized carbons (Fsp3) is 0.242. The minimum atomic E-state index is -0.457. The second-order valence-electron chi connectivity index (χ2n) is 10.5. The second kappa shape index (κ2) is 10.3. The van der Waals surface area contributed by atoms with Gasteiger partial charge in [0, 0.05) is 12.1 Å². The molecule has 5 rings (SSSR count). The zero-order valence-corrected chi connectivity index (χ0v) is 22.6. The van der Waals surface area contributed by atoms with Gasteiger partial charge in [0.1, 0.15) is 5.82 Å². The number of aryl methyl sites for hydroxylation is 2. The fourth-order valence-corrected chi connectivity index (χ4v) is 5.14. The fourth-order valence-electron chi connectivity index (χ4n) is 5.14. The van der Waals surface area contributed by atoms with Crippen LogP contribution in [0, 0.1) is 19.8 Å². The standard InChI is InChI=1S/C33H33N3O2/c1-21(2)20-35(32(37)27-15-10-12-25-11-6-7-13-26(25)27)24(5)31-34-29-16-9-8-14-28(29)33(38)36(31)30-19-22(3)17-18-23(30)4/h6-19,21,24H,20H2,1-5H3. The minimum absolute atomic E-state index is 0.0714. The summed E-state index contributed by atoms with van der Waals surface area (Å²) in [4.78, 5) is 35.1. The number of para-hydroxylation sites is 1. The van der Waals surface area contributed by atoms with Gasteiger partial charge >= 0.3 is 0 Å². The third-order valence-electron chi connectivity index (χ3n) is 7.09. The summed E-state index contributed by atoms with van der Waals surface area (Å²) >= 11 is 0. The van der Waals surface area contributed by atoms with Crippen LogP contribution in [-0.4, -0.2) is 26.9 Å². The van der Waals surface area contributed by atoms with E-state index < -0.39 is 6.04 Å². The highest BCUT2D eigenvalue weighted by Crippen LogP contribution is 2.29. The van der Waals surface area contributed by atoms with Crippen molar-refractivity contribution in [2.45, 2.75) is 40.7 Å². The van der Waals surface area contributed by atoms with Gasteiger partial charge in [0.05, 0.1) is 22.6 Å². The van der Waals surface area contributed by atoms with Crippen LogP contribution in [0.25, 0.3) is 27.4 Å². The number of rotatable bonds is 6. The molecule has 0 radical (unpaired) electrons. The number of hydrogen-bond acceptors (Lipinski definition) is 3. The lowest BCUT2D eigenvalue weighted by Gasteiger charge is -2.32. The van der Waals surface area contributed by atoms with E-state index in [9.17, 15) is 9.59 Å². The molecule has 5 heteroatoms. The number of carbonyl (C=O) groups is 1. The monoisotopic (exact) mass is 503 g/mol. The first-order chi connectivity index (χ1) is 18.3. The maximum Gasteiger partial charge on any atom is 0.266 e. The molecule has 1 atom stereocenters. The van der Waals surface area contributed by atoms with Gasteiger partial charge in [-0.25, -0.2) is 4.98 Å². The molecule has 1 unspecified atom stereocenters. The van der Waals surface area contributed by atoms with Crippen LogP contribution in [0.15, 0.2) is 89.7 Å². The van der Waals surface area contributed by atoms with E-state index in [1.165, 1.54) is 0 Å². The third-order valence-corrected chi connectivity index (χ3v) is 7.09. The molecule has 38 heavy (non-hydrogen) atoms. The molecule has 1 heterocycles. The molecule has 0 aliphatic heterocycles. The Balaban J connectivity index is 1.74. The summed E-state index contributed by atoms with van der Waals surface area (Å²) in [5.74, 6) is 0.701. The van der Waals surface area contributed by atoms with Crippen LogP contribution in [0.5, 0.6) is 0 Å². The number of hydrogen-bond donors (Lipinski definition) is 0. The van der Waals surface area contributed by atoms with E-state index in [1.807, 2.05) is 111 Å². The normalized spacial score (nSPS) is 12.3. The summed E-state index contributed by atoms with van der Waals surface area (Å²) in [5, 5.41) is 2.49. The largest absolute Gasteiger partial charge is 0.328 e. The quantitative estimate of drug-likeness (QED) is 0.250. The van der Waals surface area contributed by atoms with E-state index in [2.05, 4.69) is 13.8 Å². The van der Waals surface area contributed by atoms with Crippen molar-refractivity contribution in [1.29, 1.82) is 0 Å². The Morgan fingerprint density at radius 3 is 2.32 bits per heavy atom. The van der Waals surface area contributed by atoms with Crippen molar-refractivity contribution in [1.82, 2.24) is 14.5 Å². The van der Waals surface area contributed by atoms with Crippen LogP contribution in [0.4, 0.5) is 0 Å². The lowest BCUT2D eigenvalue weighted by Crippen LogP contribution is -2.39. The van der Waals surface area contributed by atoms with Crippen molar-refractivity contribution in [3.8, 4) is 5.69 Å². The predicted molar refractivity (Wildman–Crippen MR) is 155 cm³/mol. The molecule has 4 aromatic carbocycles. The Labute approximate surface area is 223 Å². The maximum atomic E-state index is 14.2. The highest BCUT2D eigenvalue weighted by atomic mass is 16.2. The highest BCUT2D eigenvalue weighted by molar-refractivity contribution is 6.07. The number of carbonyl (C=O) groups excluding carboxylic acids is 1. The van der Waals surface area contributed by atoms with Crippen molar-refractivity contribution in [2.24, 2.45) is 5.92 Å². The van der Waals surface area contributed by atoms with Crippen molar-refractivity contribution in [3.63, 3.8) is 0 Å². The number of fused-ring (bicyclic) bond motifs is 2. The molecule has 0 N–H and O–H groups in total. The first-order valence-corrected chi connectivity index (χ1v) is 13.1. The molecular formula is C33H33N3O2. The topological polar surface area (TPSA) is 55.2 Å². The summed E-state index contributed by atoms with van der Waals surface area (Å²) in [5.41, 5.74) is 3.96. The van der Waals surface area contributed by atoms with E-state index in [1.54, 1.807) is 4.57 Å². The Morgan fingerprint density at radius 1 is 0.868 bits per heavy atom. The van der Waals surface area contributed by atoms with E-state index in [4.69, 9.17) is 4.98 Å². The van der Waals surface area contributed by atoms with Gasteiger partial charge in [-0.3, -0.25) is 14.2 Å². The molecule has 0 aliphatic rings. The van der Waals surface area contributed by atoms with Gasteiger partial charge in [-0.1, -0.05) is 74.5 Å². The van der Waals surface area contributed by atoms with Crippen molar-refractivity contribution in [2.75, 3.05) is 6.54 Å². The molecule has 0 spiro atoms. The molecule has 5 aromatic rings. The van der Waals surface area contributed by atoms with Crippen molar-refractivity contribution in [3.05, 3.63) is 118 Å². The molecule has 0 saturated carbocycles. The van der Waals surface area contributed by atoms with Gasteiger partial charge < -0.3 is 4.90 Å². The molecule has 1 amide bonds. The molecular weight excluding hydrogens is 470 g/mol. The lowest BCUT2D eigenvalue weighted by atomic mass is 10.0. The zero-order valence-electron chi connectivity index (χ0n) is 22.6. The number of nitrogens with zero attached hydrogens (tertiary/aromatic N) is 3. The smallest absolute Gasteiger partial charge is 0.266 e. The molecule has 0 saturated heterocycles. The van der Waals surface area contributed by atoms with Gasteiger partial charge in [-0.15, -0.1) is 0 Å². The Morgan fingerprint density at radius 2 is 1.55 bits per heavy atom. The van der Waals surface area contributed by atoms with Crippen LogP contribution in [0.3, 0.4) is 0 Å². The van der Waals surface area contributed by atoms with E-state index in [-0.39, 0.29) is 17.4 Å². The second-order valence-corrected chi connectivity index (χ2v) is 10.5. The molecule has 5 nitrogen and oxygen atoms in total. The first kappa shape index (κ1) is 25.4. The number of benzene rings is 4. The van der Waals surface area contributed by atoms with Gasteiger partial charge in [0.2, 0.25) is 0 Å². The summed E-state index contributed by atoms with van der Waals surface area (Å²) in [6, 6.07) is 26.8. The maximum absolute atomic E-state index is 14.2. The van der Waals surface area contributed by atoms with Gasteiger partial charge in [0.25, 0.3) is 11.5 Å². The molecule has 0 aliphatic carbocycles. The van der Waals surface area contributed by atoms with E-state index >= 15 is 0 Å². The number of aromatic nitrogens is 2. The van der Waals surface area contributed by atoms with Crippen LogP contribution in [0.1, 0.15) is 54.1 Å². The van der Waals surface area contributed by atoms with Gasteiger partial charge in [-0.05, 0) is 72.9 Å². The minimum Gasteiger partial charge on any atom is -0.328 e. The van der Waals surface area contributed by atoms with Crippen LogP contribution in [-0.2, 0) is 0 Å². The average Bonchev–Trinajstić information content (AvgIpc) is 2.92. The number of amides is 1. The van der Waals surface area contributed by atoms with Gasteiger partial charge in [0.15, 0.2) is 0 Å². The van der Waals surface area contributed by atoms with Gasteiger partial charge in [-0.2, -0.15) is 0 Å². The Kier molecular flexibility index (Phi) is 6.85. The third kappa shape index (κ3) is 4.60. The first-order valence-electron chi connectivity index (χ1n) is 13.1. The lowest BCUT2D eigenvalue weighted by molar-refractivity contribution is 0.0657. The zero-order chi connectivity index (χ0) is 27.0. The Hall–Kier alpha value is -4.25. The van der Waals surface area contributed by atoms with Crippen LogP contribution in [0.2, 0.25) is 0 Å². The summed E-state index contributed by atoms with van der Waals surface area (Å²) in [6.45, 7) is 10.7. The molecule has 0 bridgehead atoms. The van der Waals surface area contributed by atoms with Crippen LogP contribution >= 0.6 is 0 Å². The van der Waals surface area contributed by atoms with E-state index in [0.717, 1.165) is 27.6 Å². The SMILES string of the molecule is Cc1ccc(C)c(-n2c(C(C)N(CC(C)C)C(=O)c3cccc4ccccc34)nc3ccccc3c2=O)c1. The van der Waals surface area contributed by atoms with Crippen molar-refractivity contribution < 1.29 is 4.79 Å². The summed E-state index contributed by atoms with van der Waals surface area (Å²) in [7, 11) is 0. The molecule has 0 fully saturated rings. The highest BCUT2D eigenvalue weighted by Gasteiger charge is 2.29. The summed E-state index contributed by atoms with van der Waals surface area (Å²) < 4.78 is 1.71.